The van der Waals surface area contributed by atoms with Crippen LogP contribution < -0.4 is 0 Å². The summed E-state index contributed by atoms with van der Waals surface area (Å²) in [7, 11) is 0. The van der Waals surface area contributed by atoms with E-state index < -0.39 is 71.6 Å². The third kappa shape index (κ3) is 4.74. The Bertz CT molecular complexity index is 1220. The lowest BCUT2D eigenvalue weighted by Crippen LogP contribution is -2.75. The molecule has 2 rings (SSSR count). The van der Waals surface area contributed by atoms with E-state index in [4.69, 9.17) is 0 Å². The number of halogens is 20. The van der Waals surface area contributed by atoms with Crippen molar-refractivity contribution >= 4 is 45.2 Å². The minimum Gasteiger partial charge on any atom is -0.226 e. The van der Waals surface area contributed by atoms with E-state index in [1.54, 1.807) is 0 Å². The highest BCUT2D eigenvalue weighted by Gasteiger charge is 2.96. The highest BCUT2D eigenvalue weighted by molar-refractivity contribution is 14.1. The van der Waals surface area contributed by atoms with Gasteiger partial charge in [-0.1, -0.05) is 36.4 Å². The Morgan fingerprint density at radius 3 is 0.854 bits per heavy atom. The third-order valence-corrected chi connectivity index (χ3v) is 7.53. The van der Waals surface area contributed by atoms with E-state index in [0.717, 1.165) is 69.4 Å². The molecule has 0 heterocycles. The Hall–Kier alpha value is -1.36. The van der Waals surface area contributed by atoms with Crippen LogP contribution in [-0.4, -0.2) is 47.6 Å². The Balaban J connectivity index is 2.93. The molecule has 0 fully saturated rings. The number of benzene rings is 2. The fourth-order valence-electron chi connectivity index (χ4n) is 3.34. The lowest BCUT2D eigenvalue weighted by Gasteiger charge is -2.45. The maximum atomic E-state index is 16.4. The molecule has 0 radical (unpaired) electrons. The van der Waals surface area contributed by atoms with Gasteiger partial charge in [0.1, 0.15) is 0 Å². The SMILES string of the molecule is FC(F)(F)C(F)(F)C(F)(F)C(F)(F)C(F)(F)C(F)(F)C(F)(F)C(F)(F)C(F)(c1ccccc1I)c1ccccc1I. The molecule has 2 aromatic rings. The van der Waals surface area contributed by atoms with Gasteiger partial charge in [-0.3, -0.25) is 0 Å². The normalized spacial score (nSPS) is 15.3. The summed E-state index contributed by atoms with van der Waals surface area (Å²) < 4.78 is 250. The zero-order chi connectivity index (χ0) is 32.5. The minimum atomic E-state index is -8.81. The van der Waals surface area contributed by atoms with Crippen molar-refractivity contribution in [3.8, 4) is 0 Å². The van der Waals surface area contributed by atoms with Gasteiger partial charge >= 0.3 is 47.6 Å². The van der Waals surface area contributed by atoms with Gasteiger partial charge in [0.05, 0.1) is 0 Å². The van der Waals surface area contributed by atoms with E-state index in [1.807, 2.05) is 0 Å². The molecule has 0 nitrogen and oxygen atoms in total. The van der Waals surface area contributed by atoms with E-state index in [1.165, 1.54) is 0 Å². The van der Waals surface area contributed by atoms with E-state index in [-0.39, 0.29) is 12.1 Å². The standard InChI is InChI=1S/C21H8F18I2/c22-13(9-5-1-3-7-11(9)40,10-6-2-4-8-12(10)41)14(23,24)15(25,26)16(27,28)17(29,30)18(31,32)19(33,34)20(35,36)21(37,38)39/h1-8H. The number of rotatable bonds is 9. The first kappa shape index (κ1) is 35.8. The molecule has 0 N–H and O–H groups in total. The highest BCUT2D eigenvalue weighted by Crippen LogP contribution is 2.66. The van der Waals surface area contributed by atoms with Crippen LogP contribution in [0, 0.1) is 7.14 Å². The zero-order valence-corrected chi connectivity index (χ0v) is 23.0. The van der Waals surface area contributed by atoms with Gasteiger partial charge in [0, 0.05) is 18.3 Å². The summed E-state index contributed by atoms with van der Waals surface area (Å²) in [5, 5.41) is 0. The molecular weight excluding hydrogens is 848 g/mol. The monoisotopic (exact) mass is 856 g/mol. The average Bonchev–Trinajstić information content (AvgIpc) is 2.82. The molecule has 0 saturated carbocycles. The van der Waals surface area contributed by atoms with Crippen LogP contribution in [0.4, 0.5) is 79.0 Å². The Morgan fingerprint density at radius 1 is 0.341 bits per heavy atom. The van der Waals surface area contributed by atoms with Gasteiger partial charge in [-0.25, -0.2) is 4.39 Å². The van der Waals surface area contributed by atoms with Crippen molar-refractivity contribution in [2.45, 2.75) is 53.3 Å². The molecule has 0 aromatic heterocycles. The maximum Gasteiger partial charge on any atom is 0.460 e. The molecule has 0 spiro atoms. The third-order valence-electron chi connectivity index (χ3n) is 5.64. The lowest BCUT2D eigenvalue weighted by molar-refractivity contribution is -0.465. The van der Waals surface area contributed by atoms with Gasteiger partial charge in [-0.2, -0.15) is 74.6 Å². The minimum absolute atomic E-state index is 0.262. The average molecular weight is 856 g/mol. The van der Waals surface area contributed by atoms with Gasteiger partial charge < -0.3 is 0 Å². The predicted octanol–water partition coefficient (Wildman–Crippen LogP) is 10.1. The summed E-state index contributed by atoms with van der Waals surface area (Å²) in [5.41, 5.74) is -8.69. The molecule has 0 saturated heterocycles. The second kappa shape index (κ2) is 10.4. The quantitative estimate of drug-likeness (QED) is 0.174. The lowest BCUT2D eigenvalue weighted by atomic mass is 9.77. The van der Waals surface area contributed by atoms with Gasteiger partial charge in [0.15, 0.2) is 0 Å². The maximum absolute atomic E-state index is 16.4. The van der Waals surface area contributed by atoms with E-state index >= 15 is 13.2 Å². The van der Waals surface area contributed by atoms with Crippen molar-refractivity contribution in [1.82, 2.24) is 0 Å². The van der Waals surface area contributed by atoms with Crippen LogP contribution in [0.1, 0.15) is 11.1 Å². The van der Waals surface area contributed by atoms with E-state index in [9.17, 15) is 65.9 Å². The van der Waals surface area contributed by atoms with Crippen LogP contribution >= 0.6 is 45.2 Å². The van der Waals surface area contributed by atoms with Crippen LogP contribution in [0.3, 0.4) is 0 Å². The van der Waals surface area contributed by atoms with Crippen molar-refractivity contribution < 1.29 is 79.0 Å². The predicted molar refractivity (Wildman–Crippen MR) is 121 cm³/mol. The van der Waals surface area contributed by atoms with Crippen molar-refractivity contribution in [2.75, 3.05) is 0 Å². The topological polar surface area (TPSA) is 0 Å². The van der Waals surface area contributed by atoms with Crippen molar-refractivity contribution in [1.29, 1.82) is 0 Å². The van der Waals surface area contributed by atoms with Crippen molar-refractivity contribution in [2.24, 2.45) is 0 Å². The van der Waals surface area contributed by atoms with Crippen LogP contribution in [-0.2, 0) is 5.67 Å². The largest absolute Gasteiger partial charge is 0.460 e. The first-order valence-corrected chi connectivity index (χ1v) is 12.1. The Labute approximate surface area is 243 Å². The molecule has 0 unspecified atom stereocenters. The first-order chi connectivity index (χ1) is 18.0. The molecule has 0 bridgehead atoms. The second-order valence-corrected chi connectivity index (χ2v) is 10.5. The summed E-state index contributed by atoms with van der Waals surface area (Å²) in [6, 6.07) is 5.21. The Kier molecular flexibility index (Phi) is 9.07. The summed E-state index contributed by atoms with van der Waals surface area (Å²) in [6.07, 6.45) is -7.86. The van der Waals surface area contributed by atoms with Gasteiger partial charge in [-0.15, -0.1) is 0 Å². The van der Waals surface area contributed by atoms with Crippen LogP contribution in [0.25, 0.3) is 0 Å². The zero-order valence-electron chi connectivity index (χ0n) is 18.7. The number of hydrogen-bond donors (Lipinski definition) is 0. The molecular formula is C21H8F18I2. The van der Waals surface area contributed by atoms with Crippen LogP contribution in [0.15, 0.2) is 48.5 Å². The van der Waals surface area contributed by atoms with Gasteiger partial charge in [-0.05, 0) is 57.3 Å². The molecule has 41 heavy (non-hydrogen) atoms. The molecule has 20 heteroatoms. The fourth-order valence-corrected chi connectivity index (χ4v) is 4.86. The van der Waals surface area contributed by atoms with Crippen LogP contribution in [0.2, 0.25) is 0 Å². The molecule has 0 aliphatic rings. The van der Waals surface area contributed by atoms with E-state index in [0.29, 0.717) is 12.1 Å². The molecule has 0 aliphatic heterocycles. The smallest absolute Gasteiger partial charge is 0.226 e. The van der Waals surface area contributed by atoms with E-state index in [2.05, 4.69) is 0 Å². The fraction of sp³-hybridized carbons (Fsp3) is 0.429. The Morgan fingerprint density at radius 2 is 0.585 bits per heavy atom. The van der Waals surface area contributed by atoms with Crippen molar-refractivity contribution in [3.63, 3.8) is 0 Å². The van der Waals surface area contributed by atoms with Gasteiger partial charge in [0.25, 0.3) is 0 Å². The second-order valence-electron chi connectivity index (χ2n) is 8.14. The molecule has 2 aromatic carbocycles. The molecule has 0 atom stereocenters. The molecule has 0 aliphatic carbocycles. The molecule has 0 amide bonds. The molecule has 232 valence electrons. The van der Waals surface area contributed by atoms with Crippen LogP contribution in [0.5, 0.6) is 0 Å². The summed E-state index contributed by atoms with van der Waals surface area (Å²) in [4.78, 5) is 0. The van der Waals surface area contributed by atoms with Crippen molar-refractivity contribution in [3.05, 3.63) is 66.8 Å². The van der Waals surface area contributed by atoms with Gasteiger partial charge in [0.2, 0.25) is 5.67 Å². The first-order valence-electron chi connectivity index (χ1n) is 9.93. The summed E-state index contributed by atoms with van der Waals surface area (Å²) in [6.45, 7) is 0. The highest BCUT2D eigenvalue weighted by atomic mass is 127. The number of hydrogen-bond acceptors (Lipinski definition) is 0. The summed E-state index contributed by atoms with van der Waals surface area (Å²) in [5.74, 6) is -58.7. The number of alkyl halides is 18. The summed E-state index contributed by atoms with van der Waals surface area (Å²) >= 11 is 2.01.